The second-order valence-corrected chi connectivity index (χ2v) is 4.96. The highest BCUT2D eigenvalue weighted by Crippen LogP contribution is 2.23. The third kappa shape index (κ3) is 3.83. The van der Waals surface area contributed by atoms with E-state index >= 15 is 0 Å². The number of hydrogen-bond acceptors (Lipinski definition) is 4. The number of carbonyl (C=O) groups excluding carboxylic acids is 1. The van der Waals surface area contributed by atoms with E-state index in [0.29, 0.717) is 24.3 Å². The minimum absolute atomic E-state index is 0.0482. The Balaban J connectivity index is 2.29. The van der Waals surface area contributed by atoms with E-state index in [0.717, 1.165) is 11.3 Å². The molecule has 0 unspecified atom stereocenters. The maximum atomic E-state index is 11.6. The molecule has 0 heterocycles. The number of rotatable bonds is 6. The maximum absolute atomic E-state index is 11.6. The van der Waals surface area contributed by atoms with Gasteiger partial charge in [-0.3, -0.25) is 4.79 Å². The zero-order valence-corrected chi connectivity index (χ0v) is 12.1. The van der Waals surface area contributed by atoms with Gasteiger partial charge in [0.15, 0.2) is 5.78 Å². The van der Waals surface area contributed by atoms with Crippen LogP contribution in [0.1, 0.15) is 22.8 Å². The first-order valence-corrected chi connectivity index (χ1v) is 6.92. The molecule has 2 aromatic carbocycles. The number of hydrogen-bond donors (Lipinski definition) is 2. The summed E-state index contributed by atoms with van der Waals surface area (Å²) < 4.78 is 0. The molecule has 0 aromatic heterocycles. The Morgan fingerprint density at radius 2 is 1.90 bits per heavy atom. The van der Waals surface area contributed by atoms with Crippen molar-refractivity contribution in [2.75, 3.05) is 23.8 Å². The van der Waals surface area contributed by atoms with Crippen molar-refractivity contribution in [2.45, 2.75) is 13.5 Å². The van der Waals surface area contributed by atoms with Crippen LogP contribution in [0, 0.1) is 0 Å². The summed E-state index contributed by atoms with van der Waals surface area (Å²) in [6, 6.07) is 15.4. The summed E-state index contributed by atoms with van der Waals surface area (Å²) in [4.78, 5) is 13.6. The molecule has 21 heavy (non-hydrogen) atoms. The zero-order chi connectivity index (χ0) is 15.2. The van der Waals surface area contributed by atoms with Crippen LogP contribution in [0.4, 0.5) is 11.4 Å². The van der Waals surface area contributed by atoms with Gasteiger partial charge in [0.25, 0.3) is 0 Å². The molecule has 0 saturated heterocycles. The number of nitrogens with two attached hydrogens (primary N) is 1. The zero-order valence-electron chi connectivity index (χ0n) is 12.1. The Labute approximate surface area is 124 Å². The molecule has 0 saturated carbocycles. The summed E-state index contributed by atoms with van der Waals surface area (Å²) in [5.41, 5.74) is 8.85. The largest absolute Gasteiger partial charge is 0.398 e. The predicted octanol–water partition coefficient (Wildman–Crippen LogP) is 2.47. The molecule has 0 atom stereocenters. The summed E-state index contributed by atoms with van der Waals surface area (Å²) in [6.07, 6.45) is 0. The van der Waals surface area contributed by atoms with Crippen molar-refractivity contribution in [3.8, 4) is 0 Å². The Hall–Kier alpha value is -2.33. The number of Topliss-reactive ketones (excluding diaryl/α,β-unsaturated/α-hetero) is 1. The van der Waals surface area contributed by atoms with Gasteiger partial charge in [0.1, 0.15) is 0 Å². The van der Waals surface area contributed by atoms with Gasteiger partial charge < -0.3 is 15.7 Å². The molecular weight excluding hydrogens is 264 g/mol. The lowest BCUT2D eigenvalue weighted by molar-refractivity contribution is 0.101. The average molecular weight is 284 g/mol. The van der Waals surface area contributed by atoms with E-state index in [2.05, 4.69) is 0 Å². The molecule has 110 valence electrons. The van der Waals surface area contributed by atoms with Crippen molar-refractivity contribution in [3.63, 3.8) is 0 Å². The van der Waals surface area contributed by atoms with E-state index in [-0.39, 0.29) is 12.4 Å². The van der Waals surface area contributed by atoms with Crippen LogP contribution < -0.4 is 10.6 Å². The van der Waals surface area contributed by atoms with Crippen molar-refractivity contribution in [2.24, 2.45) is 0 Å². The van der Waals surface area contributed by atoms with E-state index < -0.39 is 0 Å². The molecule has 4 nitrogen and oxygen atoms in total. The lowest BCUT2D eigenvalue weighted by Crippen LogP contribution is -2.26. The number of nitrogens with zero attached hydrogens (tertiary/aromatic N) is 1. The van der Waals surface area contributed by atoms with Crippen molar-refractivity contribution < 1.29 is 9.90 Å². The highest BCUT2D eigenvalue weighted by Gasteiger charge is 2.11. The van der Waals surface area contributed by atoms with Crippen molar-refractivity contribution in [3.05, 3.63) is 59.7 Å². The number of ketones is 1. The fourth-order valence-electron chi connectivity index (χ4n) is 2.27. The van der Waals surface area contributed by atoms with Crippen LogP contribution in [0.2, 0.25) is 0 Å². The summed E-state index contributed by atoms with van der Waals surface area (Å²) in [7, 11) is 0. The van der Waals surface area contributed by atoms with Gasteiger partial charge in [-0.1, -0.05) is 30.3 Å². The molecule has 4 heteroatoms. The van der Waals surface area contributed by atoms with Gasteiger partial charge in [0.2, 0.25) is 0 Å². The van der Waals surface area contributed by atoms with E-state index in [1.807, 2.05) is 41.3 Å². The molecule has 3 N–H and O–H groups in total. The standard InChI is InChI=1S/C17H20N2O2/c1-13(21)16-11-15(7-8-17(16)18)19(9-10-20)12-14-5-3-2-4-6-14/h2-8,11,20H,9-10,12,18H2,1H3. The molecule has 0 spiro atoms. The molecule has 0 aliphatic rings. The lowest BCUT2D eigenvalue weighted by atomic mass is 10.1. The Bertz CT molecular complexity index is 611. The van der Waals surface area contributed by atoms with Crippen LogP contribution in [-0.4, -0.2) is 24.0 Å². The molecule has 0 bridgehead atoms. The Morgan fingerprint density at radius 3 is 2.52 bits per heavy atom. The van der Waals surface area contributed by atoms with Gasteiger partial charge in [-0.05, 0) is 30.7 Å². The van der Waals surface area contributed by atoms with Gasteiger partial charge in [0, 0.05) is 30.0 Å². The minimum Gasteiger partial charge on any atom is -0.398 e. The molecule has 0 amide bonds. The quantitative estimate of drug-likeness (QED) is 0.631. The van der Waals surface area contributed by atoms with Crippen LogP contribution in [0.5, 0.6) is 0 Å². The minimum atomic E-state index is -0.0574. The molecule has 0 fully saturated rings. The highest BCUT2D eigenvalue weighted by atomic mass is 16.3. The van der Waals surface area contributed by atoms with E-state index in [1.54, 1.807) is 12.1 Å². The first-order chi connectivity index (χ1) is 10.1. The number of nitrogen functional groups attached to an aromatic ring is 1. The first kappa shape index (κ1) is 15.1. The van der Waals surface area contributed by atoms with E-state index in [1.165, 1.54) is 6.92 Å². The fourth-order valence-corrected chi connectivity index (χ4v) is 2.27. The molecule has 0 aliphatic carbocycles. The average Bonchev–Trinajstić information content (AvgIpc) is 2.48. The van der Waals surface area contributed by atoms with Crippen LogP contribution in [0.15, 0.2) is 48.5 Å². The number of benzene rings is 2. The number of carbonyl (C=O) groups is 1. The Morgan fingerprint density at radius 1 is 1.19 bits per heavy atom. The Kier molecular flexibility index (Phi) is 4.95. The topological polar surface area (TPSA) is 66.6 Å². The van der Waals surface area contributed by atoms with Crippen molar-refractivity contribution in [1.29, 1.82) is 0 Å². The molecular formula is C17H20N2O2. The number of aliphatic hydroxyl groups excluding tert-OH is 1. The summed E-state index contributed by atoms with van der Waals surface area (Å²) in [5.74, 6) is -0.0574. The lowest BCUT2D eigenvalue weighted by Gasteiger charge is -2.25. The third-order valence-corrected chi connectivity index (χ3v) is 3.37. The summed E-state index contributed by atoms with van der Waals surface area (Å²) >= 11 is 0. The SMILES string of the molecule is CC(=O)c1cc(N(CCO)Cc2ccccc2)ccc1N. The number of aliphatic hydroxyl groups is 1. The first-order valence-electron chi connectivity index (χ1n) is 6.92. The van der Waals surface area contributed by atoms with Crippen molar-refractivity contribution in [1.82, 2.24) is 0 Å². The van der Waals surface area contributed by atoms with Gasteiger partial charge in [0.05, 0.1) is 6.61 Å². The van der Waals surface area contributed by atoms with Crippen LogP contribution in [-0.2, 0) is 6.54 Å². The summed E-state index contributed by atoms with van der Waals surface area (Å²) in [6.45, 7) is 2.72. The molecule has 2 aromatic rings. The van der Waals surface area contributed by atoms with Crippen molar-refractivity contribution >= 4 is 17.2 Å². The normalized spacial score (nSPS) is 10.4. The summed E-state index contributed by atoms with van der Waals surface area (Å²) in [5, 5.41) is 9.28. The van der Waals surface area contributed by atoms with Gasteiger partial charge in [-0.2, -0.15) is 0 Å². The van der Waals surface area contributed by atoms with Gasteiger partial charge in [-0.15, -0.1) is 0 Å². The van der Waals surface area contributed by atoms with Crippen LogP contribution in [0.3, 0.4) is 0 Å². The molecule has 0 radical (unpaired) electrons. The van der Waals surface area contributed by atoms with Gasteiger partial charge >= 0.3 is 0 Å². The monoisotopic (exact) mass is 284 g/mol. The van der Waals surface area contributed by atoms with Crippen LogP contribution in [0.25, 0.3) is 0 Å². The van der Waals surface area contributed by atoms with E-state index in [4.69, 9.17) is 5.73 Å². The second kappa shape index (κ2) is 6.90. The van der Waals surface area contributed by atoms with Crippen LogP contribution >= 0.6 is 0 Å². The van der Waals surface area contributed by atoms with E-state index in [9.17, 15) is 9.90 Å². The highest BCUT2D eigenvalue weighted by molar-refractivity contribution is 6.00. The maximum Gasteiger partial charge on any atom is 0.161 e. The fraction of sp³-hybridized carbons (Fsp3) is 0.235. The second-order valence-electron chi connectivity index (χ2n) is 4.96. The molecule has 0 aliphatic heterocycles. The smallest absolute Gasteiger partial charge is 0.161 e. The van der Waals surface area contributed by atoms with Gasteiger partial charge in [-0.25, -0.2) is 0 Å². The molecule has 2 rings (SSSR count). The third-order valence-electron chi connectivity index (χ3n) is 3.37. The predicted molar refractivity (Wildman–Crippen MR) is 85.4 cm³/mol. The number of anilines is 2.